The molecule has 1 aliphatic heterocycles. The number of aliphatic hydroxyl groups is 1. The van der Waals surface area contributed by atoms with Crippen molar-refractivity contribution in [2.75, 3.05) is 45.9 Å². The predicted molar refractivity (Wildman–Crippen MR) is 88.6 cm³/mol. The molecular formula is C17H35N3O. The minimum atomic E-state index is -0.0145. The van der Waals surface area contributed by atoms with Crippen LogP contribution >= 0.6 is 0 Å². The molecule has 124 valence electrons. The standard InChI is InChI=1S/C17H35N3O/c1-4-19-10-12-20(13-11-19)9-7-16-6-5-8-17(16,14-21)18-15(2)3/h15-16,18,21H,4-14H2,1-3H3. The molecule has 0 radical (unpaired) electrons. The van der Waals surface area contributed by atoms with E-state index in [1.165, 1.54) is 58.5 Å². The van der Waals surface area contributed by atoms with Crippen molar-refractivity contribution in [2.45, 2.75) is 58.0 Å². The summed E-state index contributed by atoms with van der Waals surface area (Å²) in [5, 5.41) is 13.6. The summed E-state index contributed by atoms with van der Waals surface area (Å²) in [6, 6.07) is 0.450. The number of piperazine rings is 1. The quantitative estimate of drug-likeness (QED) is 0.748. The van der Waals surface area contributed by atoms with Crippen LogP contribution < -0.4 is 5.32 Å². The van der Waals surface area contributed by atoms with Crippen LogP contribution in [0.15, 0.2) is 0 Å². The molecule has 1 heterocycles. The fourth-order valence-electron chi connectivity index (χ4n) is 4.25. The first-order valence-electron chi connectivity index (χ1n) is 8.93. The summed E-state index contributed by atoms with van der Waals surface area (Å²) < 4.78 is 0. The molecule has 1 saturated carbocycles. The lowest BCUT2D eigenvalue weighted by molar-refractivity contribution is 0.0909. The van der Waals surface area contributed by atoms with Gasteiger partial charge in [0.25, 0.3) is 0 Å². The van der Waals surface area contributed by atoms with Crippen LogP contribution in [0.2, 0.25) is 0 Å². The summed E-state index contributed by atoms with van der Waals surface area (Å²) in [4.78, 5) is 5.15. The van der Waals surface area contributed by atoms with Crippen molar-refractivity contribution < 1.29 is 5.11 Å². The third kappa shape index (κ3) is 4.41. The van der Waals surface area contributed by atoms with Crippen molar-refractivity contribution in [2.24, 2.45) is 5.92 Å². The van der Waals surface area contributed by atoms with Gasteiger partial charge in [-0.1, -0.05) is 27.2 Å². The van der Waals surface area contributed by atoms with Crippen LogP contribution in [0.1, 0.15) is 46.5 Å². The number of aliphatic hydroxyl groups excluding tert-OH is 1. The summed E-state index contributed by atoms with van der Waals surface area (Å²) >= 11 is 0. The fourth-order valence-corrected chi connectivity index (χ4v) is 4.25. The van der Waals surface area contributed by atoms with E-state index in [0.717, 1.165) is 6.42 Å². The van der Waals surface area contributed by atoms with Gasteiger partial charge in [-0.2, -0.15) is 0 Å². The van der Waals surface area contributed by atoms with Crippen molar-refractivity contribution in [3.63, 3.8) is 0 Å². The first-order chi connectivity index (χ1) is 10.1. The molecule has 21 heavy (non-hydrogen) atoms. The zero-order valence-electron chi connectivity index (χ0n) is 14.3. The molecule has 4 nitrogen and oxygen atoms in total. The van der Waals surface area contributed by atoms with Gasteiger partial charge in [-0.3, -0.25) is 0 Å². The Bertz CT molecular complexity index is 302. The van der Waals surface area contributed by atoms with E-state index < -0.39 is 0 Å². The Hall–Kier alpha value is -0.160. The van der Waals surface area contributed by atoms with Crippen molar-refractivity contribution in [1.29, 1.82) is 0 Å². The molecule has 2 rings (SSSR count). The predicted octanol–water partition coefficient (Wildman–Crippen LogP) is 1.54. The second-order valence-electron chi connectivity index (χ2n) is 7.27. The van der Waals surface area contributed by atoms with E-state index in [0.29, 0.717) is 18.6 Å². The van der Waals surface area contributed by atoms with E-state index in [1.54, 1.807) is 0 Å². The van der Waals surface area contributed by atoms with Crippen molar-refractivity contribution in [3.05, 3.63) is 0 Å². The van der Waals surface area contributed by atoms with Crippen LogP contribution in [0, 0.1) is 5.92 Å². The van der Waals surface area contributed by atoms with Crippen LogP contribution in [-0.4, -0.2) is 72.4 Å². The monoisotopic (exact) mass is 297 g/mol. The van der Waals surface area contributed by atoms with Crippen molar-refractivity contribution >= 4 is 0 Å². The molecular weight excluding hydrogens is 262 g/mol. The number of nitrogens with one attached hydrogen (secondary N) is 1. The summed E-state index contributed by atoms with van der Waals surface area (Å²) in [6.07, 6.45) is 4.89. The highest BCUT2D eigenvalue weighted by Crippen LogP contribution is 2.38. The number of nitrogens with zero attached hydrogens (tertiary/aromatic N) is 2. The summed E-state index contributed by atoms with van der Waals surface area (Å²) in [7, 11) is 0. The Morgan fingerprint density at radius 3 is 2.43 bits per heavy atom. The van der Waals surface area contributed by atoms with E-state index in [4.69, 9.17) is 0 Å². The summed E-state index contributed by atoms with van der Waals surface area (Å²) in [5.74, 6) is 0.633. The Morgan fingerprint density at radius 1 is 1.19 bits per heavy atom. The SMILES string of the molecule is CCN1CCN(CCC2CCCC2(CO)NC(C)C)CC1. The van der Waals surface area contributed by atoms with E-state index >= 15 is 0 Å². The third-order valence-corrected chi connectivity index (χ3v) is 5.52. The van der Waals surface area contributed by atoms with Gasteiger partial charge in [0.05, 0.1) is 6.61 Å². The molecule has 0 bridgehead atoms. The number of hydrogen-bond acceptors (Lipinski definition) is 4. The zero-order valence-corrected chi connectivity index (χ0v) is 14.3. The van der Waals surface area contributed by atoms with Crippen LogP contribution in [0.5, 0.6) is 0 Å². The van der Waals surface area contributed by atoms with Gasteiger partial charge in [0.1, 0.15) is 0 Å². The number of rotatable bonds is 7. The maximum atomic E-state index is 9.96. The van der Waals surface area contributed by atoms with E-state index in [9.17, 15) is 5.11 Å². The second kappa shape index (κ2) is 7.91. The maximum absolute atomic E-state index is 9.96. The van der Waals surface area contributed by atoms with Gasteiger partial charge >= 0.3 is 0 Å². The smallest absolute Gasteiger partial charge is 0.0616 e. The third-order valence-electron chi connectivity index (χ3n) is 5.52. The molecule has 0 spiro atoms. The molecule has 2 N–H and O–H groups in total. The number of hydrogen-bond donors (Lipinski definition) is 2. The highest BCUT2D eigenvalue weighted by molar-refractivity contribution is 5.00. The lowest BCUT2D eigenvalue weighted by atomic mass is 9.84. The molecule has 1 aliphatic carbocycles. The van der Waals surface area contributed by atoms with E-state index in [2.05, 4.69) is 35.9 Å². The first-order valence-corrected chi connectivity index (χ1v) is 8.93. The van der Waals surface area contributed by atoms with Crippen LogP contribution in [0.25, 0.3) is 0 Å². The van der Waals surface area contributed by atoms with Crippen LogP contribution in [-0.2, 0) is 0 Å². The minimum absolute atomic E-state index is 0.0145. The van der Waals surface area contributed by atoms with E-state index in [1.807, 2.05) is 0 Å². The average molecular weight is 297 g/mol. The molecule has 4 heteroatoms. The Morgan fingerprint density at radius 2 is 1.86 bits per heavy atom. The Balaban J connectivity index is 1.81. The molecule has 0 aromatic carbocycles. The Labute approximate surface area is 130 Å². The maximum Gasteiger partial charge on any atom is 0.0616 e. The molecule has 2 fully saturated rings. The van der Waals surface area contributed by atoms with Crippen molar-refractivity contribution in [1.82, 2.24) is 15.1 Å². The first kappa shape index (κ1) is 17.2. The molecule has 0 aromatic rings. The lowest BCUT2D eigenvalue weighted by Gasteiger charge is -2.39. The minimum Gasteiger partial charge on any atom is -0.394 e. The van der Waals surface area contributed by atoms with Gasteiger partial charge in [-0.05, 0) is 38.3 Å². The highest BCUT2D eigenvalue weighted by atomic mass is 16.3. The van der Waals surface area contributed by atoms with Gasteiger partial charge in [0.2, 0.25) is 0 Å². The lowest BCUT2D eigenvalue weighted by Crippen LogP contribution is -2.55. The largest absolute Gasteiger partial charge is 0.394 e. The fraction of sp³-hybridized carbons (Fsp3) is 1.00. The van der Waals surface area contributed by atoms with Crippen molar-refractivity contribution in [3.8, 4) is 0 Å². The topological polar surface area (TPSA) is 38.7 Å². The van der Waals surface area contributed by atoms with Gasteiger partial charge < -0.3 is 20.2 Å². The van der Waals surface area contributed by atoms with Crippen LogP contribution in [0.4, 0.5) is 0 Å². The molecule has 2 unspecified atom stereocenters. The van der Waals surface area contributed by atoms with Gasteiger partial charge in [0, 0.05) is 37.8 Å². The molecule has 2 atom stereocenters. The Kier molecular flexibility index (Phi) is 6.48. The normalized spacial score (nSPS) is 32.1. The summed E-state index contributed by atoms with van der Waals surface area (Å²) in [6.45, 7) is 14.2. The molecule has 1 saturated heterocycles. The average Bonchev–Trinajstić information content (AvgIpc) is 2.88. The number of likely N-dealkylation sites (N-methyl/N-ethyl adjacent to an activating group) is 1. The molecule has 0 amide bonds. The highest BCUT2D eigenvalue weighted by Gasteiger charge is 2.42. The molecule has 2 aliphatic rings. The van der Waals surface area contributed by atoms with Gasteiger partial charge in [-0.25, -0.2) is 0 Å². The van der Waals surface area contributed by atoms with E-state index in [-0.39, 0.29) is 5.54 Å². The second-order valence-corrected chi connectivity index (χ2v) is 7.27. The van der Waals surface area contributed by atoms with Crippen LogP contribution in [0.3, 0.4) is 0 Å². The van der Waals surface area contributed by atoms with Gasteiger partial charge in [0.15, 0.2) is 0 Å². The summed E-state index contributed by atoms with van der Waals surface area (Å²) in [5.41, 5.74) is -0.0145. The van der Waals surface area contributed by atoms with Gasteiger partial charge in [-0.15, -0.1) is 0 Å². The zero-order chi connectivity index (χ0) is 15.3. The molecule has 0 aromatic heterocycles.